The van der Waals surface area contributed by atoms with Crippen molar-refractivity contribution in [3.05, 3.63) is 0 Å². The molecule has 0 aromatic carbocycles. The van der Waals surface area contributed by atoms with Crippen molar-refractivity contribution in [3.63, 3.8) is 0 Å². The molecular weight excluding hydrogens is 254 g/mol. The lowest BCUT2D eigenvalue weighted by Gasteiger charge is -2.27. The molecule has 0 fully saturated rings. The van der Waals surface area contributed by atoms with Crippen molar-refractivity contribution < 1.29 is 9.53 Å². The third-order valence-corrected chi connectivity index (χ3v) is 3.65. The molecule has 1 heterocycles. The maximum Gasteiger partial charge on any atom is 0.229 e. The first-order chi connectivity index (χ1) is 9.00. The Balaban J connectivity index is 2.41. The topological polar surface area (TPSA) is 76.7 Å². The largest absolute Gasteiger partial charge is 0.478 e. The smallest absolute Gasteiger partial charge is 0.229 e. The fourth-order valence-corrected chi connectivity index (χ4v) is 1.69. The summed E-state index contributed by atoms with van der Waals surface area (Å²) in [6.07, 6.45) is 0.198. The van der Waals surface area contributed by atoms with Crippen molar-refractivity contribution in [2.24, 2.45) is 21.6 Å². The van der Waals surface area contributed by atoms with Gasteiger partial charge in [-0.25, -0.2) is 4.99 Å². The summed E-state index contributed by atoms with van der Waals surface area (Å²) in [7, 11) is 0. The van der Waals surface area contributed by atoms with Gasteiger partial charge >= 0.3 is 0 Å². The number of aliphatic imine (C=N–C) groups is 1. The van der Waals surface area contributed by atoms with Gasteiger partial charge in [0.05, 0.1) is 6.04 Å². The van der Waals surface area contributed by atoms with Crippen LogP contribution in [0.4, 0.5) is 0 Å². The van der Waals surface area contributed by atoms with Crippen LogP contribution in [-0.4, -0.2) is 37.0 Å². The van der Waals surface area contributed by atoms with Crippen LogP contribution in [0.5, 0.6) is 0 Å². The van der Waals surface area contributed by atoms with E-state index in [2.05, 4.69) is 51.9 Å². The Hall–Kier alpha value is -1.10. The van der Waals surface area contributed by atoms with Crippen LogP contribution in [-0.2, 0) is 9.53 Å². The van der Waals surface area contributed by atoms with Gasteiger partial charge in [0.15, 0.2) is 5.90 Å². The first-order valence-electron chi connectivity index (χ1n) is 7.22. The molecule has 0 radical (unpaired) electrons. The maximum atomic E-state index is 11.9. The van der Waals surface area contributed by atoms with E-state index in [1.165, 1.54) is 0 Å². The van der Waals surface area contributed by atoms with Gasteiger partial charge in [0.1, 0.15) is 13.0 Å². The molecule has 0 spiro atoms. The quantitative estimate of drug-likeness (QED) is 0.824. The van der Waals surface area contributed by atoms with E-state index in [-0.39, 0.29) is 35.2 Å². The molecule has 0 aromatic heterocycles. The monoisotopic (exact) mass is 283 g/mol. The molecule has 2 atom stereocenters. The molecule has 1 amide bonds. The summed E-state index contributed by atoms with van der Waals surface area (Å²) in [4.78, 5) is 16.3. The Morgan fingerprint density at radius 3 is 2.45 bits per heavy atom. The van der Waals surface area contributed by atoms with Gasteiger partial charge in [0.25, 0.3) is 0 Å². The highest BCUT2D eigenvalue weighted by Crippen LogP contribution is 2.26. The van der Waals surface area contributed by atoms with Crippen LogP contribution in [0.25, 0.3) is 0 Å². The van der Waals surface area contributed by atoms with Gasteiger partial charge in [-0.05, 0) is 10.8 Å². The number of rotatable bonds is 4. The Labute approximate surface area is 122 Å². The lowest BCUT2D eigenvalue weighted by Crippen LogP contribution is -2.45. The molecular formula is C15H29N3O2. The average Bonchev–Trinajstić information content (AvgIpc) is 2.72. The van der Waals surface area contributed by atoms with Crippen molar-refractivity contribution in [1.29, 1.82) is 0 Å². The SMILES string of the molecule is CC(C)(C)[C@H](N)CNC(=O)CC1=N[C@@H](C(C)(C)C)CO1. The fraction of sp³-hybridized carbons (Fsp3) is 0.867. The number of nitrogens with two attached hydrogens (primary N) is 1. The summed E-state index contributed by atoms with van der Waals surface area (Å²) < 4.78 is 5.49. The van der Waals surface area contributed by atoms with E-state index in [0.717, 1.165) is 0 Å². The van der Waals surface area contributed by atoms with Crippen molar-refractivity contribution in [2.75, 3.05) is 13.2 Å². The van der Waals surface area contributed by atoms with E-state index in [9.17, 15) is 4.79 Å². The zero-order valence-corrected chi connectivity index (χ0v) is 13.6. The number of carbonyl (C=O) groups excluding carboxylic acids is 1. The Morgan fingerprint density at radius 1 is 1.40 bits per heavy atom. The molecule has 0 bridgehead atoms. The van der Waals surface area contributed by atoms with E-state index in [0.29, 0.717) is 19.0 Å². The third kappa shape index (κ3) is 5.12. The molecule has 5 heteroatoms. The highest BCUT2D eigenvalue weighted by atomic mass is 16.5. The van der Waals surface area contributed by atoms with E-state index >= 15 is 0 Å². The number of amides is 1. The van der Waals surface area contributed by atoms with Gasteiger partial charge in [-0.15, -0.1) is 0 Å². The first-order valence-corrected chi connectivity index (χ1v) is 7.22. The second kappa shape index (κ2) is 6.12. The number of nitrogens with one attached hydrogen (secondary N) is 1. The molecule has 5 nitrogen and oxygen atoms in total. The van der Waals surface area contributed by atoms with Gasteiger partial charge in [0, 0.05) is 12.6 Å². The van der Waals surface area contributed by atoms with Crippen LogP contribution >= 0.6 is 0 Å². The van der Waals surface area contributed by atoms with Crippen LogP contribution in [0.3, 0.4) is 0 Å². The molecule has 116 valence electrons. The number of ether oxygens (including phenoxy) is 1. The summed E-state index contributed by atoms with van der Waals surface area (Å²) in [5.74, 6) is 0.449. The number of carbonyl (C=O) groups is 1. The second-order valence-electron chi connectivity index (χ2n) is 7.67. The van der Waals surface area contributed by atoms with Gasteiger partial charge in [-0.1, -0.05) is 41.5 Å². The summed E-state index contributed by atoms with van der Waals surface area (Å²) in [6, 6.07) is 0.0577. The third-order valence-electron chi connectivity index (χ3n) is 3.65. The lowest BCUT2D eigenvalue weighted by molar-refractivity contribution is -0.120. The summed E-state index contributed by atoms with van der Waals surface area (Å²) in [5.41, 5.74) is 6.05. The van der Waals surface area contributed by atoms with Crippen LogP contribution in [0.1, 0.15) is 48.0 Å². The number of hydrogen-bond acceptors (Lipinski definition) is 4. The first kappa shape index (κ1) is 17.0. The van der Waals surface area contributed by atoms with Gasteiger partial charge in [-0.2, -0.15) is 0 Å². The van der Waals surface area contributed by atoms with Crippen molar-refractivity contribution in [2.45, 2.75) is 60.0 Å². The van der Waals surface area contributed by atoms with Crippen LogP contribution in [0, 0.1) is 10.8 Å². The van der Waals surface area contributed by atoms with Crippen molar-refractivity contribution in [1.82, 2.24) is 5.32 Å². The van der Waals surface area contributed by atoms with E-state index in [1.807, 2.05) is 0 Å². The number of nitrogens with zero attached hydrogens (tertiary/aromatic N) is 1. The Bertz CT molecular complexity index is 378. The Kier molecular flexibility index (Phi) is 5.19. The minimum Gasteiger partial charge on any atom is -0.478 e. The predicted molar refractivity (Wildman–Crippen MR) is 81.7 cm³/mol. The second-order valence-corrected chi connectivity index (χ2v) is 7.67. The molecule has 20 heavy (non-hydrogen) atoms. The van der Waals surface area contributed by atoms with Gasteiger partial charge < -0.3 is 15.8 Å². The maximum absolute atomic E-state index is 11.9. The molecule has 0 aromatic rings. The zero-order valence-electron chi connectivity index (χ0n) is 13.6. The van der Waals surface area contributed by atoms with Crippen molar-refractivity contribution in [3.8, 4) is 0 Å². The highest BCUT2D eigenvalue weighted by molar-refractivity contribution is 5.97. The minimum atomic E-state index is -0.0852. The zero-order chi connectivity index (χ0) is 15.6. The van der Waals surface area contributed by atoms with Gasteiger partial charge in [0.2, 0.25) is 5.91 Å². The summed E-state index contributed by atoms with van der Waals surface area (Å²) >= 11 is 0. The molecule has 0 saturated heterocycles. The molecule has 1 aliphatic heterocycles. The van der Waals surface area contributed by atoms with Crippen molar-refractivity contribution >= 4 is 11.8 Å². The standard InChI is InChI=1S/C15H29N3O2/c1-14(2,3)10(16)8-17-12(19)7-13-18-11(9-20-13)15(4,5)6/h10-11H,7-9,16H2,1-6H3,(H,17,19)/t10-,11-/m1/s1. The highest BCUT2D eigenvalue weighted by Gasteiger charge is 2.30. The summed E-state index contributed by atoms with van der Waals surface area (Å²) in [5, 5.41) is 2.84. The Morgan fingerprint density at radius 2 is 2.00 bits per heavy atom. The average molecular weight is 283 g/mol. The molecule has 3 N–H and O–H groups in total. The van der Waals surface area contributed by atoms with Crippen LogP contribution in [0.2, 0.25) is 0 Å². The molecule has 1 rings (SSSR count). The van der Waals surface area contributed by atoms with E-state index < -0.39 is 0 Å². The lowest BCUT2D eigenvalue weighted by atomic mass is 9.87. The number of hydrogen-bond donors (Lipinski definition) is 2. The van der Waals surface area contributed by atoms with Gasteiger partial charge in [-0.3, -0.25) is 4.79 Å². The fourth-order valence-electron chi connectivity index (χ4n) is 1.69. The van der Waals surface area contributed by atoms with Crippen LogP contribution in [0.15, 0.2) is 4.99 Å². The molecule has 0 aliphatic carbocycles. The summed E-state index contributed by atoms with van der Waals surface area (Å²) in [6.45, 7) is 13.6. The van der Waals surface area contributed by atoms with E-state index in [1.54, 1.807) is 0 Å². The molecule has 0 saturated carbocycles. The minimum absolute atomic E-state index is 0.0218. The normalized spacial score (nSPS) is 21.1. The van der Waals surface area contributed by atoms with Crippen LogP contribution < -0.4 is 11.1 Å². The molecule has 1 aliphatic rings. The predicted octanol–water partition coefficient (Wildman–Crippen LogP) is 1.71. The molecule has 0 unspecified atom stereocenters. The van der Waals surface area contributed by atoms with E-state index in [4.69, 9.17) is 10.5 Å².